The average Bonchev–Trinajstić information content (AvgIpc) is 2.47. The van der Waals surface area contributed by atoms with Gasteiger partial charge >= 0.3 is 0 Å². The van der Waals surface area contributed by atoms with Crippen LogP contribution in [0.4, 0.5) is 0 Å². The van der Waals surface area contributed by atoms with Crippen LogP contribution in [0.2, 0.25) is 0 Å². The summed E-state index contributed by atoms with van der Waals surface area (Å²) in [5, 5.41) is 3.51. The molecule has 20 heavy (non-hydrogen) atoms. The zero-order valence-electron chi connectivity index (χ0n) is 11.3. The number of benzene rings is 1. The molecule has 104 valence electrons. The molecule has 0 saturated carbocycles. The molecule has 1 aromatic carbocycles. The molecule has 0 unspecified atom stereocenters. The van der Waals surface area contributed by atoms with Gasteiger partial charge in [0, 0.05) is 5.57 Å². The van der Waals surface area contributed by atoms with Gasteiger partial charge < -0.3 is 14.3 Å². The maximum atomic E-state index is 12.4. The van der Waals surface area contributed by atoms with E-state index in [-0.39, 0.29) is 28.3 Å². The van der Waals surface area contributed by atoms with Crippen molar-refractivity contribution in [1.29, 1.82) is 0 Å². The first-order valence-electron chi connectivity index (χ1n) is 5.76. The zero-order chi connectivity index (χ0) is 14.7. The van der Waals surface area contributed by atoms with E-state index in [2.05, 4.69) is 9.99 Å². The standard InChI is InChI=1S/C14H13NO5/c1-18-10-4-5-11(19-2)13-12(10)9(16)6-8(14(13)17)7-15-20-3/h4-7H,1-3H3/b15-7+. The van der Waals surface area contributed by atoms with Gasteiger partial charge in [-0.2, -0.15) is 0 Å². The monoisotopic (exact) mass is 275 g/mol. The molecular weight excluding hydrogens is 262 g/mol. The highest BCUT2D eigenvalue weighted by molar-refractivity contribution is 6.33. The van der Waals surface area contributed by atoms with Crippen LogP contribution in [-0.2, 0) is 4.84 Å². The van der Waals surface area contributed by atoms with Gasteiger partial charge in [0.1, 0.15) is 18.6 Å². The Kier molecular flexibility index (Phi) is 3.84. The van der Waals surface area contributed by atoms with E-state index in [0.717, 1.165) is 0 Å². The van der Waals surface area contributed by atoms with Crippen molar-refractivity contribution in [2.24, 2.45) is 5.16 Å². The minimum absolute atomic E-state index is 0.135. The average molecular weight is 275 g/mol. The summed E-state index contributed by atoms with van der Waals surface area (Å²) in [5.41, 5.74) is 0.513. The first-order valence-corrected chi connectivity index (χ1v) is 5.76. The number of methoxy groups -OCH3 is 2. The fourth-order valence-electron chi connectivity index (χ4n) is 2.00. The van der Waals surface area contributed by atoms with Crippen LogP contribution in [0.3, 0.4) is 0 Å². The van der Waals surface area contributed by atoms with E-state index >= 15 is 0 Å². The number of Topliss-reactive ketones (excluding diaryl/α,β-unsaturated/α-hetero) is 1. The van der Waals surface area contributed by atoms with Crippen LogP contribution < -0.4 is 9.47 Å². The Balaban J connectivity index is 2.65. The van der Waals surface area contributed by atoms with Crippen LogP contribution in [-0.4, -0.2) is 39.1 Å². The summed E-state index contributed by atoms with van der Waals surface area (Å²) in [5.74, 6) is -0.0576. The number of fused-ring (bicyclic) bond motifs is 1. The largest absolute Gasteiger partial charge is 0.496 e. The molecular formula is C14H13NO5. The molecule has 2 rings (SSSR count). The summed E-state index contributed by atoms with van der Waals surface area (Å²) in [6.07, 6.45) is 2.40. The van der Waals surface area contributed by atoms with E-state index in [0.29, 0.717) is 11.5 Å². The van der Waals surface area contributed by atoms with Gasteiger partial charge in [0.2, 0.25) is 0 Å². The minimum Gasteiger partial charge on any atom is -0.496 e. The summed E-state index contributed by atoms with van der Waals surface area (Å²) < 4.78 is 10.3. The topological polar surface area (TPSA) is 74.2 Å². The summed E-state index contributed by atoms with van der Waals surface area (Å²) in [4.78, 5) is 29.1. The van der Waals surface area contributed by atoms with Crippen molar-refractivity contribution in [3.63, 3.8) is 0 Å². The molecule has 6 heteroatoms. The number of nitrogens with zero attached hydrogens (tertiary/aromatic N) is 1. The molecule has 0 heterocycles. The van der Waals surface area contributed by atoms with Crippen LogP contribution in [0.5, 0.6) is 11.5 Å². The Morgan fingerprint density at radius 2 is 1.60 bits per heavy atom. The number of rotatable bonds is 4. The first kappa shape index (κ1) is 13.8. The van der Waals surface area contributed by atoms with E-state index in [9.17, 15) is 9.59 Å². The molecule has 1 aliphatic rings. The lowest BCUT2D eigenvalue weighted by atomic mass is 9.88. The molecule has 0 bridgehead atoms. The second-order valence-corrected chi connectivity index (χ2v) is 3.93. The van der Waals surface area contributed by atoms with Crippen molar-refractivity contribution < 1.29 is 23.9 Å². The quantitative estimate of drug-likeness (QED) is 0.617. The van der Waals surface area contributed by atoms with E-state index < -0.39 is 0 Å². The van der Waals surface area contributed by atoms with Crippen molar-refractivity contribution in [2.75, 3.05) is 21.3 Å². The lowest BCUT2D eigenvalue weighted by Gasteiger charge is -2.18. The number of carbonyl (C=O) groups excluding carboxylic acids is 2. The minimum atomic E-state index is -0.365. The number of carbonyl (C=O) groups is 2. The third-order valence-corrected chi connectivity index (χ3v) is 2.89. The number of ketones is 2. The normalized spacial score (nSPS) is 14.1. The van der Waals surface area contributed by atoms with Crippen molar-refractivity contribution >= 4 is 17.8 Å². The zero-order valence-corrected chi connectivity index (χ0v) is 11.3. The molecule has 0 fully saturated rings. The highest BCUT2D eigenvalue weighted by atomic mass is 16.6. The summed E-state index contributed by atoms with van der Waals surface area (Å²) in [6, 6.07) is 3.17. The fraction of sp³-hybridized carbons (Fsp3) is 0.214. The second kappa shape index (κ2) is 5.56. The van der Waals surface area contributed by atoms with E-state index in [1.807, 2.05) is 0 Å². The molecule has 0 spiro atoms. The molecule has 1 aliphatic carbocycles. The van der Waals surface area contributed by atoms with Crippen LogP contribution in [0, 0.1) is 0 Å². The first-order chi connectivity index (χ1) is 9.63. The smallest absolute Gasteiger partial charge is 0.199 e. The number of hydrogen-bond acceptors (Lipinski definition) is 6. The second-order valence-electron chi connectivity index (χ2n) is 3.93. The van der Waals surface area contributed by atoms with Gasteiger partial charge in [0.05, 0.1) is 31.6 Å². The van der Waals surface area contributed by atoms with Crippen LogP contribution >= 0.6 is 0 Å². The van der Waals surface area contributed by atoms with E-state index in [1.54, 1.807) is 12.1 Å². The number of hydrogen-bond donors (Lipinski definition) is 0. The Morgan fingerprint density at radius 3 is 2.15 bits per heavy atom. The number of ether oxygens (including phenoxy) is 2. The molecule has 1 aromatic rings. The van der Waals surface area contributed by atoms with Crippen molar-refractivity contribution in [1.82, 2.24) is 0 Å². The summed E-state index contributed by atoms with van der Waals surface area (Å²) in [7, 11) is 4.22. The molecule has 0 amide bonds. The predicted molar refractivity (Wildman–Crippen MR) is 71.8 cm³/mol. The van der Waals surface area contributed by atoms with Crippen molar-refractivity contribution in [3.05, 3.63) is 34.9 Å². The van der Waals surface area contributed by atoms with Crippen LogP contribution in [0.15, 0.2) is 28.9 Å². The molecule has 0 aliphatic heterocycles. The Bertz CT molecular complexity index is 631. The molecule has 0 atom stereocenters. The SMILES string of the molecule is CO/N=C/C1=CC(=O)c2c(OC)ccc(OC)c2C1=O. The predicted octanol–water partition coefficient (Wildman–Crippen LogP) is 1.64. The Morgan fingerprint density at radius 1 is 1.00 bits per heavy atom. The third-order valence-electron chi connectivity index (χ3n) is 2.89. The van der Waals surface area contributed by atoms with Crippen LogP contribution in [0.25, 0.3) is 0 Å². The van der Waals surface area contributed by atoms with Gasteiger partial charge in [-0.1, -0.05) is 5.16 Å². The van der Waals surface area contributed by atoms with Gasteiger partial charge in [-0.3, -0.25) is 9.59 Å². The highest BCUT2D eigenvalue weighted by Gasteiger charge is 2.31. The number of allylic oxidation sites excluding steroid dienone is 2. The maximum absolute atomic E-state index is 12.4. The highest BCUT2D eigenvalue weighted by Crippen LogP contribution is 2.35. The van der Waals surface area contributed by atoms with Gasteiger partial charge in [0.25, 0.3) is 0 Å². The van der Waals surface area contributed by atoms with Gasteiger partial charge in [-0.25, -0.2) is 0 Å². The Labute approximate surface area is 115 Å². The molecule has 0 radical (unpaired) electrons. The fourth-order valence-corrected chi connectivity index (χ4v) is 2.00. The molecule has 0 saturated heterocycles. The third kappa shape index (κ3) is 2.16. The van der Waals surface area contributed by atoms with Gasteiger partial charge in [0.15, 0.2) is 11.6 Å². The van der Waals surface area contributed by atoms with Crippen molar-refractivity contribution in [3.8, 4) is 11.5 Å². The molecule has 0 N–H and O–H groups in total. The Hall–Kier alpha value is -2.63. The van der Waals surface area contributed by atoms with Gasteiger partial charge in [-0.05, 0) is 18.2 Å². The lowest BCUT2D eigenvalue weighted by molar-refractivity contribution is 0.0984. The van der Waals surface area contributed by atoms with E-state index in [1.165, 1.54) is 33.6 Å². The van der Waals surface area contributed by atoms with Crippen molar-refractivity contribution in [2.45, 2.75) is 0 Å². The van der Waals surface area contributed by atoms with Gasteiger partial charge in [-0.15, -0.1) is 0 Å². The lowest BCUT2D eigenvalue weighted by Crippen LogP contribution is -2.19. The maximum Gasteiger partial charge on any atom is 0.199 e. The number of oxime groups is 1. The summed E-state index contributed by atoms with van der Waals surface area (Å²) >= 11 is 0. The summed E-state index contributed by atoms with van der Waals surface area (Å²) in [6.45, 7) is 0. The molecule has 0 aromatic heterocycles. The van der Waals surface area contributed by atoms with E-state index in [4.69, 9.17) is 9.47 Å². The molecule has 6 nitrogen and oxygen atoms in total. The van der Waals surface area contributed by atoms with Crippen LogP contribution in [0.1, 0.15) is 20.7 Å².